The van der Waals surface area contributed by atoms with Crippen LogP contribution >= 0.6 is 0 Å². The fourth-order valence-corrected chi connectivity index (χ4v) is 5.57. The van der Waals surface area contributed by atoms with Gasteiger partial charge >= 0.3 is 6.03 Å². The number of urea groups is 1. The first-order valence-electron chi connectivity index (χ1n) is 11.2. The number of carbonyl (C=O) groups excluding carboxylic acids is 2. The lowest BCUT2D eigenvalue weighted by atomic mass is 9.89. The summed E-state index contributed by atoms with van der Waals surface area (Å²) in [5.41, 5.74) is 2.01. The lowest BCUT2D eigenvalue weighted by molar-refractivity contribution is 0.0630. The molecule has 3 atom stereocenters. The molecule has 1 aromatic carbocycles. The number of hydrogen-bond acceptors (Lipinski definition) is 3. The van der Waals surface area contributed by atoms with Crippen LogP contribution in [0.4, 0.5) is 9.18 Å². The maximum atomic E-state index is 14.1. The second-order valence-electron chi connectivity index (χ2n) is 9.33. The first kappa shape index (κ1) is 20.3. The summed E-state index contributed by atoms with van der Waals surface area (Å²) in [7, 11) is 1.87. The third kappa shape index (κ3) is 3.67. The van der Waals surface area contributed by atoms with Gasteiger partial charge in [0.1, 0.15) is 11.5 Å². The zero-order valence-electron chi connectivity index (χ0n) is 18.2. The summed E-state index contributed by atoms with van der Waals surface area (Å²) in [5, 5.41) is 3.63. The molecule has 1 aliphatic carbocycles. The van der Waals surface area contributed by atoms with Gasteiger partial charge in [0.25, 0.3) is 5.91 Å². The van der Waals surface area contributed by atoms with Gasteiger partial charge in [-0.15, -0.1) is 0 Å². The molecule has 8 heteroatoms. The number of amides is 3. The summed E-state index contributed by atoms with van der Waals surface area (Å²) >= 11 is 0. The Labute approximate surface area is 181 Å². The number of nitrogens with zero attached hydrogens (tertiary/aromatic N) is 3. The van der Waals surface area contributed by atoms with Crippen LogP contribution in [0.5, 0.6) is 0 Å². The quantitative estimate of drug-likeness (QED) is 0.791. The maximum absolute atomic E-state index is 14.1. The Balaban J connectivity index is 1.23. The molecule has 5 rings (SSSR count). The van der Waals surface area contributed by atoms with Crippen molar-refractivity contribution < 1.29 is 14.0 Å². The van der Waals surface area contributed by atoms with E-state index in [2.05, 4.69) is 15.2 Å². The van der Waals surface area contributed by atoms with Gasteiger partial charge in [0.2, 0.25) is 0 Å². The van der Waals surface area contributed by atoms with Crippen LogP contribution in [-0.2, 0) is 0 Å². The van der Waals surface area contributed by atoms with Crippen molar-refractivity contribution in [3.05, 3.63) is 35.3 Å². The Kier molecular flexibility index (Phi) is 5.12. The average Bonchev–Trinajstić information content (AvgIpc) is 3.34. The van der Waals surface area contributed by atoms with Gasteiger partial charge in [-0.1, -0.05) is 6.07 Å². The van der Waals surface area contributed by atoms with Gasteiger partial charge in [0.15, 0.2) is 0 Å². The van der Waals surface area contributed by atoms with Crippen molar-refractivity contribution >= 4 is 22.8 Å². The van der Waals surface area contributed by atoms with Crippen LogP contribution in [0, 0.1) is 12.7 Å². The number of aromatic amines is 1. The zero-order chi connectivity index (χ0) is 21.7. The number of H-pyrrole nitrogens is 1. The summed E-state index contributed by atoms with van der Waals surface area (Å²) in [6.45, 7) is 5.27. The van der Waals surface area contributed by atoms with Gasteiger partial charge in [0, 0.05) is 50.7 Å². The van der Waals surface area contributed by atoms with Crippen LogP contribution in [0.3, 0.4) is 0 Å². The molecule has 2 aromatic rings. The number of aryl methyl sites for hydroxylation is 1. The SMILES string of the molecule is Cc1ccc(F)c2cc(C(=O)N[C@@H]3CCC[C@H](N4CCN5C(=O)N(C)C[C@@H]5C4)C3)[nH]c12. The number of aromatic nitrogens is 1. The highest BCUT2D eigenvalue weighted by Gasteiger charge is 2.41. The van der Waals surface area contributed by atoms with Crippen LogP contribution in [0.2, 0.25) is 0 Å². The molecule has 2 N–H and O–H groups in total. The van der Waals surface area contributed by atoms with E-state index in [1.165, 1.54) is 6.07 Å². The highest BCUT2D eigenvalue weighted by molar-refractivity contribution is 5.99. The smallest absolute Gasteiger partial charge is 0.320 e. The third-order valence-electron chi connectivity index (χ3n) is 7.26. The number of halogens is 1. The summed E-state index contributed by atoms with van der Waals surface area (Å²) < 4.78 is 14.1. The average molecular weight is 428 g/mol. The Morgan fingerprint density at radius 2 is 2.03 bits per heavy atom. The number of hydrogen-bond donors (Lipinski definition) is 2. The largest absolute Gasteiger partial charge is 0.350 e. The molecule has 31 heavy (non-hydrogen) atoms. The number of rotatable bonds is 3. The van der Waals surface area contributed by atoms with Crippen LogP contribution in [0.1, 0.15) is 41.7 Å². The molecule has 0 spiro atoms. The van der Waals surface area contributed by atoms with E-state index in [-0.39, 0.29) is 29.8 Å². The highest BCUT2D eigenvalue weighted by atomic mass is 19.1. The molecule has 3 aliphatic rings. The Morgan fingerprint density at radius 1 is 1.19 bits per heavy atom. The number of nitrogens with one attached hydrogen (secondary N) is 2. The first-order chi connectivity index (χ1) is 14.9. The first-order valence-corrected chi connectivity index (χ1v) is 11.2. The van der Waals surface area contributed by atoms with Crippen molar-refractivity contribution in [2.75, 3.05) is 33.2 Å². The van der Waals surface area contributed by atoms with Crippen molar-refractivity contribution in [1.29, 1.82) is 0 Å². The second-order valence-corrected chi connectivity index (χ2v) is 9.33. The Morgan fingerprint density at radius 3 is 2.84 bits per heavy atom. The molecule has 0 radical (unpaired) electrons. The minimum Gasteiger partial charge on any atom is -0.350 e. The van der Waals surface area contributed by atoms with Crippen molar-refractivity contribution in [1.82, 2.24) is 25.0 Å². The normalized spacial score (nSPS) is 27.1. The van der Waals surface area contributed by atoms with Crippen molar-refractivity contribution in [2.24, 2.45) is 0 Å². The van der Waals surface area contributed by atoms with E-state index < -0.39 is 0 Å². The molecule has 3 heterocycles. The van der Waals surface area contributed by atoms with E-state index in [9.17, 15) is 14.0 Å². The van der Waals surface area contributed by atoms with E-state index >= 15 is 0 Å². The standard InChI is InChI=1S/C23H30FN5O2/c1-14-6-7-19(24)18-11-20(26-21(14)18)22(30)25-15-4-3-5-16(10-15)28-8-9-29-17(13-28)12-27(2)23(29)31/h6-7,11,15-17,26H,3-5,8-10,12-13H2,1-2H3,(H,25,30)/t15-,16+,17-/m1/s1. The van der Waals surface area contributed by atoms with E-state index in [1.807, 2.05) is 23.8 Å². The molecule has 7 nitrogen and oxygen atoms in total. The van der Waals surface area contributed by atoms with E-state index in [1.54, 1.807) is 12.1 Å². The predicted molar refractivity (Wildman–Crippen MR) is 117 cm³/mol. The Hall–Kier alpha value is -2.61. The van der Waals surface area contributed by atoms with Gasteiger partial charge < -0.3 is 20.1 Å². The minimum atomic E-state index is -0.316. The van der Waals surface area contributed by atoms with Crippen LogP contribution in [0.15, 0.2) is 18.2 Å². The minimum absolute atomic E-state index is 0.106. The molecule has 0 bridgehead atoms. The fourth-order valence-electron chi connectivity index (χ4n) is 5.57. The van der Waals surface area contributed by atoms with Crippen LogP contribution < -0.4 is 5.32 Å². The predicted octanol–water partition coefficient (Wildman–Crippen LogP) is 2.71. The fraction of sp³-hybridized carbons (Fsp3) is 0.565. The monoisotopic (exact) mass is 427 g/mol. The molecule has 3 amide bonds. The molecule has 2 aliphatic heterocycles. The summed E-state index contributed by atoms with van der Waals surface area (Å²) in [5.74, 6) is -0.489. The van der Waals surface area contributed by atoms with E-state index in [0.29, 0.717) is 22.6 Å². The molecule has 3 fully saturated rings. The van der Waals surface area contributed by atoms with E-state index in [0.717, 1.165) is 57.4 Å². The molecule has 1 aromatic heterocycles. The second kappa shape index (κ2) is 7.82. The summed E-state index contributed by atoms with van der Waals surface area (Å²) in [4.78, 5) is 34.5. The summed E-state index contributed by atoms with van der Waals surface area (Å²) in [6, 6.07) is 5.71. The topological polar surface area (TPSA) is 71.7 Å². The lowest BCUT2D eigenvalue weighted by Gasteiger charge is -2.43. The number of piperazine rings is 1. The number of fused-ring (bicyclic) bond motifs is 2. The van der Waals surface area contributed by atoms with Gasteiger partial charge in [-0.05, 0) is 50.3 Å². The third-order valence-corrected chi connectivity index (χ3v) is 7.26. The zero-order valence-corrected chi connectivity index (χ0v) is 18.2. The highest BCUT2D eigenvalue weighted by Crippen LogP contribution is 2.28. The van der Waals surface area contributed by atoms with Gasteiger partial charge in [-0.25, -0.2) is 9.18 Å². The van der Waals surface area contributed by atoms with Crippen molar-refractivity contribution in [3.63, 3.8) is 0 Å². The Bertz CT molecular complexity index is 982. The maximum Gasteiger partial charge on any atom is 0.320 e. The molecule has 2 saturated heterocycles. The van der Waals surface area contributed by atoms with Crippen LogP contribution in [-0.4, -0.2) is 83.0 Å². The molecule has 1 saturated carbocycles. The van der Waals surface area contributed by atoms with Crippen molar-refractivity contribution in [2.45, 2.75) is 50.7 Å². The number of benzene rings is 1. The van der Waals surface area contributed by atoms with Gasteiger partial charge in [-0.2, -0.15) is 0 Å². The number of carbonyl (C=O) groups is 2. The molecule has 166 valence electrons. The summed E-state index contributed by atoms with van der Waals surface area (Å²) in [6.07, 6.45) is 4.07. The van der Waals surface area contributed by atoms with Crippen LogP contribution in [0.25, 0.3) is 10.9 Å². The van der Waals surface area contributed by atoms with Crippen molar-refractivity contribution in [3.8, 4) is 0 Å². The van der Waals surface area contributed by atoms with E-state index in [4.69, 9.17) is 0 Å². The molecular formula is C23H30FN5O2. The van der Waals surface area contributed by atoms with Gasteiger partial charge in [-0.3, -0.25) is 9.69 Å². The number of likely N-dealkylation sites (N-methyl/N-ethyl adjacent to an activating group) is 1. The molecule has 0 unspecified atom stereocenters. The lowest BCUT2D eigenvalue weighted by Crippen LogP contribution is -2.56. The van der Waals surface area contributed by atoms with Gasteiger partial charge in [0.05, 0.1) is 11.6 Å². The molecular weight excluding hydrogens is 397 g/mol.